The summed E-state index contributed by atoms with van der Waals surface area (Å²) in [6.07, 6.45) is 6.38. The second-order valence-electron chi connectivity index (χ2n) is 7.06. The summed E-state index contributed by atoms with van der Waals surface area (Å²) in [5.41, 5.74) is -0.0633. The summed E-state index contributed by atoms with van der Waals surface area (Å²) in [5, 5.41) is 3.39. The lowest BCUT2D eigenvalue weighted by Crippen LogP contribution is -2.79. The van der Waals surface area contributed by atoms with E-state index in [0.29, 0.717) is 12.0 Å². The number of carbonyl (C=O) groups excluding carboxylic acids is 1. The van der Waals surface area contributed by atoms with Gasteiger partial charge in [0.25, 0.3) is 5.91 Å². The van der Waals surface area contributed by atoms with Crippen molar-refractivity contribution in [3.63, 3.8) is 0 Å². The third kappa shape index (κ3) is 2.39. The van der Waals surface area contributed by atoms with E-state index in [2.05, 4.69) is 10.2 Å². The third-order valence-electron chi connectivity index (χ3n) is 5.66. The molecular formula is C16H26N2O3. The first-order chi connectivity index (χ1) is 10.3. The van der Waals surface area contributed by atoms with E-state index >= 15 is 0 Å². The number of nitrogens with zero attached hydrogens (tertiary/aromatic N) is 1. The lowest BCUT2D eigenvalue weighted by Gasteiger charge is -2.61. The van der Waals surface area contributed by atoms with Crippen molar-refractivity contribution in [2.24, 2.45) is 5.92 Å². The van der Waals surface area contributed by atoms with E-state index in [0.717, 1.165) is 58.6 Å². The number of ether oxygens (including phenoxy) is 2. The molecule has 4 aliphatic rings. The van der Waals surface area contributed by atoms with Crippen LogP contribution in [0.2, 0.25) is 0 Å². The number of hydrogen-bond donors (Lipinski definition) is 1. The summed E-state index contributed by atoms with van der Waals surface area (Å²) in [7, 11) is 0. The zero-order valence-electron chi connectivity index (χ0n) is 12.7. The molecule has 1 amide bonds. The minimum absolute atomic E-state index is 0.0633. The minimum Gasteiger partial charge on any atom is -0.381 e. The third-order valence-corrected chi connectivity index (χ3v) is 5.66. The van der Waals surface area contributed by atoms with E-state index in [9.17, 15) is 4.79 Å². The second-order valence-corrected chi connectivity index (χ2v) is 7.06. The van der Waals surface area contributed by atoms with Crippen molar-refractivity contribution in [3.05, 3.63) is 0 Å². The molecule has 5 nitrogen and oxygen atoms in total. The van der Waals surface area contributed by atoms with Gasteiger partial charge in [0.15, 0.2) is 6.10 Å². The van der Waals surface area contributed by atoms with Crippen LogP contribution in [0.15, 0.2) is 0 Å². The minimum atomic E-state index is -0.197. The maximum Gasteiger partial charge on any atom is 0.254 e. The molecule has 4 rings (SSSR count). The fraction of sp³-hybridized carbons (Fsp3) is 0.938. The van der Waals surface area contributed by atoms with Gasteiger partial charge in [0.1, 0.15) is 0 Å². The van der Waals surface area contributed by atoms with Gasteiger partial charge in [0.2, 0.25) is 0 Å². The van der Waals surface area contributed by atoms with Gasteiger partial charge in [-0.15, -0.1) is 0 Å². The van der Waals surface area contributed by atoms with Crippen molar-refractivity contribution in [2.75, 3.05) is 32.9 Å². The van der Waals surface area contributed by atoms with Gasteiger partial charge >= 0.3 is 0 Å². The van der Waals surface area contributed by atoms with Crippen LogP contribution in [0.5, 0.6) is 0 Å². The summed E-state index contributed by atoms with van der Waals surface area (Å²) in [5.74, 6) is 0.951. The average Bonchev–Trinajstić information content (AvgIpc) is 3.34. The molecule has 118 valence electrons. The fourth-order valence-electron chi connectivity index (χ4n) is 4.22. The highest BCUT2D eigenvalue weighted by Crippen LogP contribution is 2.46. The second kappa shape index (κ2) is 5.52. The van der Waals surface area contributed by atoms with Crippen LogP contribution in [0.25, 0.3) is 0 Å². The molecule has 1 aliphatic carbocycles. The summed E-state index contributed by atoms with van der Waals surface area (Å²) in [6.45, 7) is 4.35. The zero-order chi connectivity index (χ0) is 14.3. The standard InChI is InChI=1S/C16H26N2O3/c19-15-14(21-11-12-1-2-12)16(5-9-20-10-6-16)18(15)13-3-7-17-8-4-13/h12-14,17H,1-11H2/t14-/m1/s1. The van der Waals surface area contributed by atoms with Crippen molar-refractivity contribution >= 4 is 5.91 Å². The first-order valence-corrected chi connectivity index (χ1v) is 8.54. The maximum absolute atomic E-state index is 12.7. The summed E-state index contributed by atoms with van der Waals surface area (Å²) in [6, 6.07) is 0.401. The Morgan fingerprint density at radius 3 is 2.57 bits per heavy atom. The molecule has 0 aromatic rings. The van der Waals surface area contributed by atoms with Crippen LogP contribution in [0.3, 0.4) is 0 Å². The molecule has 5 heteroatoms. The molecule has 0 aromatic carbocycles. The molecule has 0 radical (unpaired) electrons. The van der Waals surface area contributed by atoms with Crippen molar-refractivity contribution in [3.8, 4) is 0 Å². The van der Waals surface area contributed by atoms with E-state index in [1.54, 1.807) is 0 Å². The quantitative estimate of drug-likeness (QED) is 0.784. The predicted molar refractivity (Wildman–Crippen MR) is 78.0 cm³/mol. The van der Waals surface area contributed by atoms with Gasteiger partial charge < -0.3 is 19.7 Å². The summed E-state index contributed by atoms with van der Waals surface area (Å²) >= 11 is 0. The smallest absolute Gasteiger partial charge is 0.254 e. The Morgan fingerprint density at radius 2 is 1.90 bits per heavy atom. The van der Waals surface area contributed by atoms with Gasteiger partial charge in [-0.1, -0.05) is 0 Å². The van der Waals surface area contributed by atoms with Crippen LogP contribution >= 0.6 is 0 Å². The first-order valence-electron chi connectivity index (χ1n) is 8.54. The monoisotopic (exact) mass is 294 g/mol. The van der Waals surface area contributed by atoms with Gasteiger partial charge in [-0.05, 0) is 57.5 Å². The first kappa shape index (κ1) is 14.0. The number of amides is 1. The van der Waals surface area contributed by atoms with Crippen molar-refractivity contribution < 1.29 is 14.3 Å². The molecule has 1 spiro atoms. The van der Waals surface area contributed by atoms with Crippen molar-refractivity contribution in [1.82, 2.24) is 10.2 Å². The van der Waals surface area contributed by atoms with Gasteiger partial charge in [-0.25, -0.2) is 0 Å². The SMILES string of the molecule is O=C1[C@@H](OCC2CC2)C2(CCOCC2)N1C1CCNCC1. The summed E-state index contributed by atoms with van der Waals surface area (Å²) < 4.78 is 11.6. The Kier molecular flexibility index (Phi) is 3.67. The van der Waals surface area contributed by atoms with Gasteiger partial charge in [-0.2, -0.15) is 0 Å². The van der Waals surface area contributed by atoms with Gasteiger partial charge in [-0.3, -0.25) is 4.79 Å². The van der Waals surface area contributed by atoms with Crippen LogP contribution in [0, 0.1) is 5.92 Å². The molecular weight excluding hydrogens is 268 g/mol. The van der Waals surface area contributed by atoms with E-state index in [1.165, 1.54) is 12.8 Å². The number of rotatable bonds is 4. The van der Waals surface area contributed by atoms with Crippen LogP contribution < -0.4 is 5.32 Å². The highest BCUT2D eigenvalue weighted by atomic mass is 16.5. The number of likely N-dealkylation sites (tertiary alicyclic amines) is 1. The summed E-state index contributed by atoms with van der Waals surface area (Å²) in [4.78, 5) is 14.9. The van der Waals surface area contributed by atoms with Crippen molar-refractivity contribution in [1.29, 1.82) is 0 Å². The van der Waals surface area contributed by atoms with E-state index in [-0.39, 0.29) is 17.6 Å². The number of β-lactam (4-membered cyclic amide) rings is 1. The lowest BCUT2D eigenvalue weighted by atomic mass is 9.72. The highest BCUT2D eigenvalue weighted by Gasteiger charge is 2.63. The zero-order valence-corrected chi connectivity index (χ0v) is 12.7. The largest absolute Gasteiger partial charge is 0.381 e. The van der Waals surface area contributed by atoms with Gasteiger partial charge in [0, 0.05) is 19.3 Å². The molecule has 0 bridgehead atoms. The highest BCUT2D eigenvalue weighted by molar-refractivity contribution is 5.90. The van der Waals surface area contributed by atoms with E-state index in [1.807, 2.05) is 0 Å². The van der Waals surface area contributed by atoms with Crippen LogP contribution in [-0.2, 0) is 14.3 Å². The Morgan fingerprint density at radius 1 is 1.19 bits per heavy atom. The van der Waals surface area contributed by atoms with E-state index in [4.69, 9.17) is 9.47 Å². The van der Waals surface area contributed by atoms with Crippen molar-refractivity contribution in [2.45, 2.75) is 56.2 Å². The number of carbonyl (C=O) groups is 1. The molecule has 21 heavy (non-hydrogen) atoms. The van der Waals surface area contributed by atoms with Gasteiger partial charge in [0.05, 0.1) is 12.1 Å². The predicted octanol–water partition coefficient (Wildman–Crippen LogP) is 0.925. The molecule has 3 aliphatic heterocycles. The Labute approximate surface area is 126 Å². The molecule has 0 aromatic heterocycles. The Balaban J connectivity index is 1.49. The number of hydrogen-bond acceptors (Lipinski definition) is 4. The molecule has 1 saturated carbocycles. The average molecular weight is 294 g/mol. The molecule has 1 N–H and O–H groups in total. The molecule has 3 saturated heterocycles. The van der Waals surface area contributed by atoms with E-state index < -0.39 is 0 Å². The Bertz CT molecular complexity index is 398. The number of nitrogens with one attached hydrogen (secondary N) is 1. The normalized spacial score (nSPS) is 33.2. The molecule has 1 atom stereocenters. The van der Waals surface area contributed by atoms with Crippen LogP contribution in [0.1, 0.15) is 38.5 Å². The molecule has 0 unspecified atom stereocenters. The van der Waals surface area contributed by atoms with Crippen LogP contribution in [-0.4, -0.2) is 61.4 Å². The number of piperidine rings is 1. The Hall–Kier alpha value is -0.650. The lowest BCUT2D eigenvalue weighted by molar-refractivity contribution is -0.218. The molecule has 4 fully saturated rings. The maximum atomic E-state index is 12.7. The molecule has 3 heterocycles. The van der Waals surface area contributed by atoms with Crippen LogP contribution in [0.4, 0.5) is 0 Å². The topological polar surface area (TPSA) is 50.8 Å². The fourth-order valence-corrected chi connectivity index (χ4v) is 4.22.